The van der Waals surface area contributed by atoms with Gasteiger partial charge in [0.25, 0.3) is 0 Å². The number of phenolic OH excluding ortho intramolecular Hbond substituents is 2. The number of hydrogen-bond donors (Lipinski definition) is 2. The fourth-order valence-electron chi connectivity index (χ4n) is 1.79. The molecule has 0 amide bonds. The molecule has 0 atom stereocenters. The van der Waals surface area contributed by atoms with Crippen molar-refractivity contribution in [2.24, 2.45) is 0 Å². The van der Waals surface area contributed by atoms with Crippen LogP contribution in [-0.4, -0.2) is 10.2 Å². The van der Waals surface area contributed by atoms with Crippen molar-refractivity contribution in [3.63, 3.8) is 0 Å². The molecule has 2 nitrogen and oxygen atoms in total. The van der Waals surface area contributed by atoms with Gasteiger partial charge in [0.15, 0.2) is 17.3 Å². The van der Waals surface area contributed by atoms with Crippen LogP contribution in [0.2, 0.25) is 0 Å². The lowest BCUT2D eigenvalue weighted by Crippen LogP contribution is -1.91. The van der Waals surface area contributed by atoms with Crippen molar-refractivity contribution < 1.29 is 14.6 Å². The van der Waals surface area contributed by atoms with E-state index in [-0.39, 0.29) is 5.56 Å². The summed E-state index contributed by atoms with van der Waals surface area (Å²) >= 11 is 0. The van der Waals surface area contributed by atoms with Gasteiger partial charge in [-0.05, 0) is 12.5 Å². The third kappa shape index (κ3) is 3.03. The Kier molecular flexibility index (Phi) is 7.17. The maximum Gasteiger partial charge on any atom is 0.196 e. The molecule has 3 heteroatoms. The first-order chi connectivity index (χ1) is 9.57. The summed E-state index contributed by atoms with van der Waals surface area (Å²) in [4.78, 5) is 0. The van der Waals surface area contributed by atoms with E-state index < -0.39 is 17.3 Å². The van der Waals surface area contributed by atoms with Crippen LogP contribution in [0.15, 0.2) is 18.2 Å². The summed E-state index contributed by atoms with van der Waals surface area (Å²) in [5.74, 6) is -0.0323. The fourth-order valence-corrected chi connectivity index (χ4v) is 1.79. The van der Waals surface area contributed by atoms with Gasteiger partial charge in [0.1, 0.15) is 0 Å². The Morgan fingerprint density at radius 1 is 1.05 bits per heavy atom. The Morgan fingerprint density at radius 3 is 2.10 bits per heavy atom. The molecule has 0 bridgehead atoms. The van der Waals surface area contributed by atoms with Crippen molar-refractivity contribution in [2.45, 2.75) is 34.6 Å². The van der Waals surface area contributed by atoms with Crippen molar-refractivity contribution >= 4 is 10.8 Å². The van der Waals surface area contributed by atoms with E-state index in [1.54, 1.807) is 25.1 Å². The highest BCUT2D eigenvalue weighted by Crippen LogP contribution is 2.39. The van der Waals surface area contributed by atoms with Gasteiger partial charge in [-0.15, -0.1) is 6.42 Å². The Morgan fingerprint density at radius 2 is 1.60 bits per heavy atom. The summed E-state index contributed by atoms with van der Waals surface area (Å²) in [6.07, 6.45) is 5.22. The first kappa shape index (κ1) is 17.8. The third-order valence-electron chi connectivity index (χ3n) is 2.57. The minimum Gasteiger partial charge on any atom is -0.504 e. The van der Waals surface area contributed by atoms with Crippen LogP contribution in [-0.2, 0) is 0 Å². The highest BCUT2D eigenvalue weighted by molar-refractivity contribution is 5.97. The maximum absolute atomic E-state index is 13.6. The second kappa shape index (κ2) is 8.06. The summed E-state index contributed by atoms with van der Waals surface area (Å²) in [6.45, 7) is 9.76. The van der Waals surface area contributed by atoms with E-state index in [0.717, 1.165) is 5.56 Å². The van der Waals surface area contributed by atoms with Gasteiger partial charge in [-0.2, -0.15) is 0 Å². The summed E-state index contributed by atoms with van der Waals surface area (Å²) in [5, 5.41) is 19.8. The number of hydrogen-bond acceptors (Lipinski definition) is 2. The van der Waals surface area contributed by atoms with E-state index in [1.807, 2.05) is 27.7 Å². The molecule has 0 aliphatic rings. The Balaban J connectivity index is 0.000000829. The number of phenols is 2. The highest BCUT2D eigenvalue weighted by atomic mass is 19.1. The molecule has 2 aromatic carbocycles. The lowest BCUT2D eigenvalue weighted by molar-refractivity contribution is 0.382. The van der Waals surface area contributed by atoms with Gasteiger partial charge in [-0.25, -0.2) is 4.39 Å². The van der Waals surface area contributed by atoms with Crippen molar-refractivity contribution in [1.82, 2.24) is 0 Å². The van der Waals surface area contributed by atoms with Gasteiger partial charge in [-0.3, -0.25) is 0 Å². The number of aromatic hydroxyl groups is 2. The summed E-state index contributed by atoms with van der Waals surface area (Å²) in [6, 6.07) is 5.05. The average molecular weight is 276 g/mol. The van der Waals surface area contributed by atoms with Crippen LogP contribution in [0, 0.1) is 25.1 Å². The Labute approximate surface area is 119 Å². The van der Waals surface area contributed by atoms with Gasteiger partial charge >= 0.3 is 0 Å². The quantitative estimate of drug-likeness (QED) is 0.539. The van der Waals surface area contributed by atoms with Crippen molar-refractivity contribution in [3.8, 4) is 23.8 Å². The second-order valence-corrected chi connectivity index (χ2v) is 3.53. The van der Waals surface area contributed by atoms with Crippen LogP contribution in [0.5, 0.6) is 11.5 Å². The number of halogens is 1. The molecule has 0 unspecified atom stereocenters. The smallest absolute Gasteiger partial charge is 0.196 e. The van der Waals surface area contributed by atoms with E-state index in [1.165, 1.54) is 0 Å². The first-order valence-electron chi connectivity index (χ1n) is 6.67. The molecule has 0 saturated carbocycles. The van der Waals surface area contributed by atoms with E-state index in [2.05, 4.69) is 5.92 Å². The normalized spacial score (nSPS) is 8.85. The van der Waals surface area contributed by atoms with Crippen LogP contribution in [0.1, 0.15) is 38.8 Å². The minimum absolute atomic E-state index is 0.0246. The van der Waals surface area contributed by atoms with Gasteiger partial charge in [0, 0.05) is 10.8 Å². The van der Waals surface area contributed by atoms with Crippen LogP contribution in [0.4, 0.5) is 4.39 Å². The zero-order chi connectivity index (χ0) is 15.9. The molecule has 108 valence electrons. The molecule has 2 N–H and O–H groups in total. The molecule has 0 aliphatic carbocycles. The molecule has 0 aliphatic heterocycles. The SMILES string of the molecule is C#Cc1c(F)c(O)c(O)c2cccc(C)c12.CC.CC. The standard InChI is InChI=1S/C13H9FO2.2C2H6/c1-3-8-10-7(2)5-4-6-9(10)12(15)13(16)11(8)14;2*1-2/h1,4-6,15-16H,2H3;2*1-2H3. The molecule has 2 aromatic rings. The van der Waals surface area contributed by atoms with Crippen LogP contribution < -0.4 is 0 Å². The molecule has 0 spiro atoms. The lowest BCUT2D eigenvalue weighted by atomic mass is 9.98. The highest BCUT2D eigenvalue weighted by Gasteiger charge is 2.18. The molecular formula is C17H21FO2. The Bertz CT molecular complexity index is 625. The van der Waals surface area contributed by atoms with Crippen LogP contribution in [0.3, 0.4) is 0 Å². The monoisotopic (exact) mass is 276 g/mol. The van der Waals surface area contributed by atoms with Crippen LogP contribution >= 0.6 is 0 Å². The summed E-state index contributed by atoms with van der Waals surface area (Å²) in [5.41, 5.74) is 0.725. The Hall–Kier alpha value is -2.21. The largest absolute Gasteiger partial charge is 0.504 e. The van der Waals surface area contributed by atoms with E-state index in [4.69, 9.17) is 6.42 Å². The molecule has 0 saturated heterocycles. The van der Waals surface area contributed by atoms with Crippen molar-refractivity contribution in [2.75, 3.05) is 0 Å². The third-order valence-corrected chi connectivity index (χ3v) is 2.57. The molecule has 0 radical (unpaired) electrons. The number of terminal acetylenes is 1. The predicted molar refractivity (Wildman–Crippen MR) is 82.6 cm³/mol. The zero-order valence-corrected chi connectivity index (χ0v) is 12.6. The second-order valence-electron chi connectivity index (χ2n) is 3.53. The molecule has 0 fully saturated rings. The van der Waals surface area contributed by atoms with E-state index in [9.17, 15) is 14.6 Å². The summed E-state index contributed by atoms with van der Waals surface area (Å²) < 4.78 is 13.6. The minimum atomic E-state index is -0.957. The number of fused-ring (bicyclic) bond motifs is 1. The molecule has 0 heterocycles. The van der Waals surface area contributed by atoms with E-state index >= 15 is 0 Å². The van der Waals surface area contributed by atoms with Crippen molar-refractivity contribution in [3.05, 3.63) is 35.1 Å². The number of aryl methyl sites for hydroxylation is 1. The van der Waals surface area contributed by atoms with Gasteiger partial charge in [0.2, 0.25) is 0 Å². The maximum atomic E-state index is 13.6. The van der Waals surface area contributed by atoms with E-state index in [0.29, 0.717) is 10.8 Å². The summed E-state index contributed by atoms with van der Waals surface area (Å²) in [7, 11) is 0. The van der Waals surface area contributed by atoms with Gasteiger partial charge < -0.3 is 10.2 Å². The predicted octanol–water partition coefficient (Wildman–Crippen LogP) is 4.73. The molecule has 2 rings (SSSR count). The fraction of sp³-hybridized carbons (Fsp3) is 0.294. The van der Waals surface area contributed by atoms with Crippen LogP contribution in [0.25, 0.3) is 10.8 Å². The molecule has 20 heavy (non-hydrogen) atoms. The molecule has 0 aromatic heterocycles. The number of benzene rings is 2. The average Bonchev–Trinajstić information content (AvgIpc) is 2.50. The lowest BCUT2D eigenvalue weighted by Gasteiger charge is -2.10. The zero-order valence-electron chi connectivity index (χ0n) is 12.6. The molecular weight excluding hydrogens is 255 g/mol. The van der Waals surface area contributed by atoms with Gasteiger partial charge in [0.05, 0.1) is 5.56 Å². The number of rotatable bonds is 0. The van der Waals surface area contributed by atoms with Gasteiger partial charge in [-0.1, -0.05) is 51.8 Å². The first-order valence-corrected chi connectivity index (χ1v) is 6.67. The van der Waals surface area contributed by atoms with Crippen molar-refractivity contribution in [1.29, 1.82) is 0 Å². The topological polar surface area (TPSA) is 40.5 Å².